The van der Waals surface area contributed by atoms with Crippen LogP contribution in [0.2, 0.25) is 0 Å². The van der Waals surface area contributed by atoms with Gasteiger partial charge in [0.1, 0.15) is 31.0 Å². The minimum absolute atomic E-state index is 0.0179. The second-order valence-corrected chi connectivity index (χ2v) is 8.81. The minimum atomic E-state index is -1.14. The van der Waals surface area contributed by atoms with E-state index in [0.717, 1.165) is 19.3 Å². The van der Waals surface area contributed by atoms with Gasteiger partial charge < -0.3 is 24.8 Å². The molecule has 1 rings (SSSR count). The zero-order chi connectivity index (χ0) is 22.0. The highest BCUT2D eigenvalue weighted by Gasteiger charge is 2.39. The first-order chi connectivity index (χ1) is 14.6. The normalized spacial score (nSPS) is 22.3. The molecule has 1 fully saturated rings. The second kappa shape index (κ2) is 17.9. The van der Waals surface area contributed by atoms with Crippen molar-refractivity contribution in [1.29, 1.82) is 0 Å². The predicted molar refractivity (Wildman–Crippen MR) is 118 cm³/mol. The number of hydrogen-bond acceptors (Lipinski definition) is 6. The van der Waals surface area contributed by atoms with Crippen LogP contribution in [0.1, 0.15) is 110 Å². The van der Waals surface area contributed by atoms with E-state index in [2.05, 4.69) is 6.92 Å². The molecule has 0 amide bonds. The van der Waals surface area contributed by atoms with Crippen molar-refractivity contribution in [2.24, 2.45) is 0 Å². The summed E-state index contributed by atoms with van der Waals surface area (Å²) in [6.45, 7) is 2.03. The number of rotatable bonds is 19. The Balaban J connectivity index is 1.83. The molecule has 1 aliphatic heterocycles. The molecule has 1 saturated heterocycles. The van der Waals surface area contributed by atoms with E-state index in [4.69, 9.17) is 9.47 Å². The smallest absolute Gasteiger partial charge is 0.305 e. The first kappa shape index (κ1) is 27.3. The standard InChI is InChI=1S/C24H46O6/c1-2-3-4-5-6-7-8-9-10-11-12-13-14-15-16-17-22(27)29-19-21(26)24-23(28)20(25)18-30-24/h20-21,23-26,28H,2-19H2,1H3/t20-,21-,23+,24+/m0/s1. The Hall–Kier alpha value is -0.690. The summed E-state index contributed by atoms with van der Waals surface area (Å²) in [6, 6.07) is 0. The third-order valence-electron chi connectivity index (χ3n) is 5.97. The van der Waals surface area contributed by atoms with Crippen molar-refractivity contribution >= 4 is 5.97 Å². The van der Waals surface area contributed by atoms with Crippen molar-refractivity contribution < 1.29 is 29.6 Å². The van der Waals surface area contributed by atoms with Crippen LogP contribution in [0.5, 0.6) is 0 Å². The van der Waals surface area contributed by atoms with E-state index < -0.39 is 24.4 Å². The van der Waals surface area contributed by atoms with Gasteiger partial charge in [-0.2, -0.15) is 0 Å². The molecule has 178 valence electrons. The van der Waals surface area contributed by atoms with Crippen LogP contribution in [0.4, 0.5) is 0 Å². The molecule has 0 aromatic carbocycles. The fraction of sp³-hybridized carbons (Fsp3) is 0.958. The van der Waals surface area contributed by atoms with Gasteiger partial charge in [0, 0.05) is 6.42 Å². The molecule has 6 nitrogen and oxygen atoms in total. The van der Waals surface area contributed by atoms with Crippen LogP contribution in [0.25, 0.3) is 0 Å². The Bertz CT molecular complexity index is 417. The van der Waals surface area contributed by atoms with Gasteiger partial charge in [-0.3, -0.25) is 4.79 Å². The van der Waals surface area contributed by atoms with E-state index in [-0.39, 0.29) is 19.2 Å². The molecule has 0 spiro atoms. The van der Waals surface area contributed by atoms with Crippen molar-refractivity contribution in [3.63, 3.8) is 0 Å². The summed E-state index contributed by atoms with van der Waals surface area (Å²) in [4.78, 5) is 11.8. The number of unbranched alkanes of at least 4 members (excludes halogenated alkanes) is 14. The summed E-state index contributed by atoms with van der Waals surface area (Å²) in [5, 5.41) is 29.0. The van der Waals surface area contributed by atoms with E-state index in [0.29, 0.717) is 6.42 Å². The van der Waals surface area contributed by atoms with Gasteiger partial charge in [-0.1, -0.05) is 96.8 Å². The lowest BCUT2D eigenvalue weighted by Gasteiger charge is -2.20. The predicted octanol–water partition coefficient (Wildman–Crippen LogP) is 4.27. The average Bonchev–Trinajstić information content (AvgIpc) is 3.07. The van der Waals surface area contributed by atoms with Gasteiger partial charge in [-0.15, -0.1) is 0 Å². The molecule has 30 heavy (non-hydrogen) atoms. The highest BCUT2D eigenvalue weighted by molar-refractivity contribution is 5.69. The summed E-state index contributed by atoms with van der Waals surface area (Å²) in [6.07, 6.45) is 15.4. The fourth-order valence-corrected chi connectivity index (χ4v) is 3.95. The van der Waals surface area contributed by atoms with Crippen LogP contribution >= 0.6 is 0 Å². The van der Waals surface area contributed by atoms with Gasteiger partial charge >= 0.3 is 5.97 Å². The Morgan fingerprint density at radius 2 is 1.33 bits per heavy atom. The Labute approximate surface area is 183 Å². The van der Waals surface area contributed by atoms with Gasteiger partial charge in [0.15, 0.2) is 0 Å². The molecule has 4 atom stereocenters. The number of aliphatic hydroxyl groups excluding tert-OH is 3. The molecule has 0 unspecified atom stereocenters. The molecule has 1 heterocycles. The van der Waals surface area contributed by atoms with Crippen molar-refractivity contribution in [3.05, 3.63) is 0 Å². The number of carbonyl (C=O) groups is 1. The van der Waals surface area contributed by atoms with E-state index in [1.807, 2.05) is 0 Å². The first-order valence-corrected chi connectivity index (χ1v) is 12.4. The Morgan fingerprint density at radius 1 is 0.867 bits per heavy atom. The molecule has 0 bridgehead atoms. The molecular weight excluding hydrogens is 384 g/mol. The molecule has 1 aliphatic rings. The highest BCUT2D eigenvalue weighted by Crippen LogP contribution is 2.18. The SMILES string of the molecule is CCCCCCCCCCCCCCCCCC(=O)OC[C@H](O)[C@H]1OC[C@H](O)[C@H]1O. The fourth-order valence-electron chi connectivity index (χ4n) is 3.95. The zero-order valence-corrected chi connectivity index (χ0v) is 19.1. The minimum Gasteiger partial charge on any atom is -0.463 e. The number of ether oxygens (including phenoxy) is 2. The third kappa shape index (κ3) is 12.9. The Kier molecular flexibility index (Phi) is 16.3. The lowest BCUT2D eigenvalue weighted by Crippen LogP contribution is -2.41. The van der Waals surface area contributed by atoms with Gasteiger partial charge in [0.25, 0.3) is 0 Å². The van der Waals surface area contributed by atoms with Gasteiger partial charge in [-0.25, -0.2) is 0 Å². The molecule has 0 saturated carbocycles. The number of esters is 1. The molecule has 0 aliphatic carbocycles. The summed E-state index contributed by atoms with van der Waals surface area (Å²) >= 11 is 0. The first-order valence-electron chi connectivity index (χ1n) is 12.4. The van der Waals surface area contributed by atoms with Crippen LogP contribution < -0.4 is 0 Å². The lowest BCUT2D eigenvalue weighted by atomic mass is 10.0. The van der Waals surface area contributed by atoms with Crippen LogP contribution in [-0.2, 0) is 14.3 Å². The molecule has 0 aromatic heterocycles. The summed E-state index contributed by atoms with van der Waals surface area (Å²) in [7, 11) is 0. The largest absolute Gasteiger partial charge is 0.463 e. The van der Waals surface area contributed by atoms with Crippen molar-refractivity contribution in [2.75, 3.05) is 13.2 Å². The van der Waals surface area contributed by atoms with Gasteiger partial charge in [0.2, 0.25) is 0 Å². The summed E-state index contributed by atoms with van der Waals surface area (Å²) < 4.78 is 10.2. The van der Waals surface area contributed by atoms with Crippen LogP contribution in [0.15, 0.2) is 0 Å². The number of hydrogen-bond donors (Lipinski definition) is 3. The van der Waals surface area contributed by atoms with E-state index >= 15 is 0 Å². The quantitative estimate of drug-likeness (QED) is 0.209. The molecule has 0 aromatic rings. The highest BCUT2D eigenvalue weighted by atomic mass is 16.6. The van der Waals surface area contributed by atoms with Gasteiger partial charge in [-0.05, 0) is 6.42 Å². The zero-order valence-electron chi connectivity index (χ0n) is 19.1. The Morgan fingerprint density at radius 3 is 1.77 bits per heavy atom. The molecule has 3 N–H and O–H groups in total. The van der Waals surface area contributed by atoms with Gasteiger partial charge in [0.05, 0.1) is 6.61 Å². The van der Waals surface area contributed by atoms with E-state index in [9.17, 15) is 20.1 Å². The second-order valence-electron chi connectivity index (χ2n) is 8.81. The third-order valence-corrected chi connectivity index (χ3v) is 5.97. The van der Waals surface area contributed by atoms with Crippen molar-refractivity contribution in [1.82, 2.24) is 0 Å². The molecular formula is C24H46O6. The van der Waals surface area contributed by atoms with Crippen LogP contribution in [-0.4, -0.2) is 58.9 Å². The number of carbonyl (C=O) groups excluding carboxylic acids is 1. The summed E-state index contributed by atoms with van der Waals surface area (Å²) in [5.41, 5.74) is 0. The van der Waals surface area contributed by atoms with Crippen LogP contribution in [0, 0.1) is 0 Å². The monoisotopic (exact) mass is 430 g/mol. The topological polar surface area (TPSA) is 96.2 Å². The van der Waals surface area contributed by atoms with E-state index in [1.165, 1.54) is 77.0 Å². The summed E-state index contributed by atoms with van der Waals surface area (Å²) in [5.74, 6) is -0.336. The molecule has 0 radical (unpaired) electrons. The van der Waals surface area contributed by atoms with Crippen molar-refractivity contribution in [2.45, 2.75) is 134 Å². The molecule has 6 heteroatoms. The maximum atomic E-state index is 11.8. The van der Waals surface area contributed by atoms with Crippen LogP contribution in [0.3, 0.4) is 0 Å². The maximum Gasteiger partial charge on any atom is 0.305 e. The van der Waals surface area contributed by atoms with E-state index in [1.54, 1.807) is 0 Å². The average molecular weight is 431 g/mol. The maximum absolute atomic E-state index is 11.8. The number of aliphatic hydroxyl groups is 3. The van der Waals surface area contributed by atoms with Crippen molar-refractivity contribution in [3.8, 4) is 0 Å². The lowest BCUT2D eigenvalue weighted by molar-refractivity contribution is -0.151.